The Morgan fingerprint density at radius 3 is 2.09 bits per heavy atom. The van der Waals surface area contributed by atoms with Crippen LogP contribution in [0.3, 0.4) is 0 Å². The van der Waals surface area contributed by atoms with E-state index in [1.165, 1.54) is 0 Å². The maximum absolute atomic E-state index is 11.8. The van der Waals surface area contributed by atoms with Crippen LogP contribution < -0.4 is 11.1 Å². The van der Waals surface area contributed by atoms with E-state index in [0.717, 1.165) is 11.1 Å². The maximum Gasteiger partial charge on any atom is 0.251 e. The Hall–Kier alpha value is -2.77. The average Bonchev–Trinajstić information content (AvgIpc) is 2.52. The zero-order chi connectivity index (χ0) is 15.9. The molecule has 4 heteroatoms. The average molecular weight is 294 g/mol. The van der Waals surface area contributed by atoms with Gasteiger partial charge in [-0.05, 0) is 55.5 Å². The maximum atomic E-state index is 11.8. The van der Waals surface area contributed by atoms with Gasteiger partial charge >= 0.3 is 0 Å². The molecule has 2 aromatic rings. The predicted molar refractivity (Wildman–Crippen MR) is 87.3 cm³/mol. The molecule has 0 saturated heterocycles. The van der Waals surface area contributed by atoms with Crippen LogP contribution in [0, 0.1) is 11.8 Å². The SMILES string of the molecule is CC(O)CNC(=O)c1ccc(C#Cc2ccc(N)cc2)cc1. The highest BCUT2D eigenvalue weighted by molar-refractivity contribution is 5.94. The standard InChI is InChI=1S/C18H18N2O2/c1-13(21)12-20-18(22)16-8-4-14(5-9-16)2-3-15-6-10-17(19)11-7-15/h4-11,13,21H,12,19H2,1H3,(H,20,22). The van der Waals surface area contributed by atoms with E-state index in [1.54, 1.807) is 43.3 Å². The van der Waals surface area contributed by atoms with Gasteiger partial charge in [0, 0.05) is 28.9 Å². The van der Waals surface area contributed by atoms with Crippen molar-refractivity contribution in [3.63, 3.8) is 0 Å². The van der Waals surface area contributed by atoms with Gasteiger partial charge in [-0.25, -0.2) is 0 Å². The first kappa shape index (κ1) is 15.6. The van der Waals surface area contributed by atoms with Crippen LogP contribution in [0.5, 0.6) is 0 Å². The number of hydrogen-bond acceptors (Lipinski definition) is 3. The Balaban J connectivity index is 2.03. The predicted octanol–water partition coefficient (Wildman–Crippen LogP) is 1.78. The molecule has 0 aliphatic heterocycles. The van der Waals surface area contributed by atoms with Gasteiger partial charge in [0.1, 0.15) is 0 Å². The monoisotopic (exact) mass is 294 g/mol. The van der Waals surface area contributed by atoms with E-state index in [-0.39, 0.29) is 12.5 Å². The molecule has 0 aliphatic carbocycles. The third kappa shape index (κ3) is 4.65. The molecule has 22 heavy (non-hydrogen) atoms. The lowest BCUT2D eigenvalue weighted by atomic mass is 10.1. The number of rotatable bonds is 3. The van der Waals surface area contributed by atoms with Crippen LogP contribution >= 0.6 is 0 Å². The molecule has 0 fully saturated rings. The quantitative estimate of drug-likeness (QED) is 0.596. The van der Waals surface area contributed by atoms with E-state index in [2.05, 4.69) is 17.2 Å². The van der Waals surface area contributed by atoms with E-state index in [4.69, 9.17) is 10.8 Å². The van der Waals surface area contributed by atoms with Gasteiger partial charge in [0.05, 0.1) is 6.10 Å². The summed E-state index contributed by atoms with van der Waals surface area (Å²) in [7, 11) is 0. The number of amides is 1. The van der Waals surface area contributed by atoms with Crippen LogP contribution in [0.1, 0.15) is 28.4 Å². The lowest BCUT2D eigenvalue weighted by Crippen LogP contribution is -2.30. The number of carbonyl (C=O) groups is 1. The number of anilines is 1. The molecule has 0 bridgehead atoms. The van der Waals surface area contributed by atoms with Crippen LogP contribution in [-0.4, -0.2) is 23.7 Å². The molecule has 1 atom stereocenters. The van der Waals surface area contributed by atoms with E-state index in [9.17, 15) is 4.79 Å². The van der Waals surface area contributed by atoms with Gasteiger partial charge in [-0.1, -0.05) is 11.8 Å². The number of carbonyl (C=O) groups excluding carboxylic acids is 1. The summed E-state index contributed by atoms with van der Waals surface area (Å²) in [5.41, 5.74) is 8.57. The Kier molecular flexibility index (Phi) is 5.18. The summed E-state index contributed by atoms with van der Waals surface area (Å²) in [6, 6.07) is 14.3. The third-order valence-electron chi connectivity index (χ3n) is 2.97. The zero-order valence-corrected chi connectivity index (χ0v) is 12.3. The van der Waals surface area contributed by atoms with Gasteiger partial charge < -0.3 is 16.2 Å². The number of nitrogens with two attached hydrogens (primary N) is 1. The van der Waals surface area contributed by atoms with E-state index in [1.807, 2.05) is 12.1 Å². The minimum atomic E-state index is -0.561. The summed E-state index contributed by atoms with van der Waals surface area (Å²) < 4.78 is 0. The van der Waals surface area contributed by atoms with Crippen molar-refractivity contribution in [3.8, 4) is 11.8 Å². The van der Waals surface area contributed by atoms with Gasteiger partial charge in [0.15, 0.2) is 0 Å². The van der Waals surface area contributed by atoms with E-state index < -0.39 is 6.10 Å². The van der Waals surface area contributed by atoms with Crippen molar-refractivity contribution in [2.75, 3.05) is 12.3 Å². The Bertz CT molecular complexity index is 693. The fourth-order valence-electron chi connectivity index (χ4n) is 1.76. The molecule has 0 aromatic heterocycles. The molecule has 2 rings (SSSR count). The zero-order valence-electron chi connectivity index (χ0n) is 12.3. The summed E-state index contributed by atoms with van der Waals surface area (Å²) in [6.45, 7) is 1.85. The Labute approximate surface area is 130 Å². The summed E-state index contributed by atoms with van der Waals surface area (Å²) in [5.74, 6) is 5.86. The van der Waals surface area contributed by atoms with Crippen LogP contribution in [-0.2, 0) is 0 Å². The number of nitrogens with one attached hydrogen (secondary N) is 1. The van der Waals surface area contributed by atoms with Crippen molar-refractivity contribution >= 4 is 11.6 Å². The first-order valence-electron chi connectivity index (χ1n) is 6.98. The van der Waals surface area contributed by atoms with Crippen molar-refractivity contribution in [3.05, 3.63) is 65.2 Å². The molecule has 1 unspecified atom stereocenters. The summed E-state index contributed by atoms with van der Waals surface area (Å²) in [6.07, 6.45) is -0.561. The second-order valence-corrected chi connectivity index (χ2v) is 5.01. The Morgan fingerprint density at radius 1 is 1.09 bits per heavy atom. The smallest absolute Gasteiger partial charge is 0.251 e. The first-order valence-corrected chi connectivity index (χ1v) is 6.98. The van der Waals surface area contributed by atoms with Crippen molar-refractivity contribution in [1.82, 2.24) is 5.32 Å². The van der Waals surface area contributed by atoms with Gasteiger partial charge in [0.25, 0.3) is 5.91 Å². The van der Waals surface area contributed by atoms with Crippen LogP contribution in [0.15, 0.2) is 48.5 Å². The minimum absolute atomic E-state index is 0.209. The third-order valence-corrected chi connectivity index (χ3v) is 2.97. The lowest BCUT2D eigenvalue weighted by Gasteiger charge is -2.06. The molecule has 1 amide bonds. The molecular weight excluding hydrogens is 276 g/mol. The van der Waals surface area contributed by atoms with Crippen molar-refractivity contribution < 1.29 is 9.90 Å². The topological polar surface area (TPSA) is 75.3 Å². The summed E-state index contributed by atoms with van der Waals surface area (Å²) in [5, 5.41) is 11.8. The molecule has 4 N–H and O–H groups in total. The fourth-order valence-corrected chi connectivity index (χ4v) is 1.76. The number of benzene rings is 2. The molecular formula is C18H18N2O2. The molecule has 2 aromatic carbocycles. The normalized spacial score (nSPS) is 11.2. The molecule has 4 nitrogen and oxygen atoms in total. The Morgan fingerprint density at radius 2 is 1.59 bits per heavy atom. The molecule has 112 valence electrons. The molecule has 0 saturated carbocycles. The van der Waals surface area contributed by atoms with Gasteiger partial charge in [0.2, 0.25) is 0 Å². The molecule has 0 spiro atoms. The molecule has 0 heterocycles. The van der Waals surface area contributed by atoms with Gasteiger partial charge in [-0.3, -0.25) is 4.79 Å². The highest BCUT2D eigenvalue weighted by Crippen LogP contribution is 2.06. The van der Waals surface area contributed by atoms with Crippen molar-refractivity contribution in [2.45, 2.75) is 13.0 Å². The number of nitrogen functional groups attached to an aromatic ring is 1. The van der Waals surface area contributed by atoms with Crippen molar-refractivity contribution in [1.29, 1.82) is 0 Å². The molecule has 0 aliphatic rings. The summed E-state index contributed by atoms with van der Waals surface area (Å²) >= 11 is 0. The lowest BCUT2D eigenvalue weighted by molar-refractivity contribution is 0.0924. The van der Waals surface area contributed by atoms with Gasteiger partial charge in [-0.15, -0.1) is 0 Å². The number of aliphatic hydroxyl groups excluding tert-OH is 1. The minimum Gasteiger partial charge on any atom is -0.399 e. The second kappa shape index (κ2) is 7.30. The van der Waals surface area contributed by atoms with Crippen LogP contribution in [0.4, 0.5) is 5.69 Å². The van der Waals surface area contributed by atoms with E-state index >= 15 is 0 Å². The van der Waals surface area contributed by atoms with E-state index in [0.29, 0.717) is 11.3 Å². The second-order valence-electron chi connectivity index (χ2n) is 5.01. The highest BCUT2D eigenvalue weighted by atomic mass is 16.3. The number of aliphatic hydroxyl groups is 1. The highest BCUT2D eigenvalue weighted by Gasteiger charge is 2.05. The van der Waals surface area contributed by atoms with Crippen LogP contribution in [0.25, 0.3) is 0 Å². The fraction of sp³-hybridized carbons (Fsp3) is 0.167. The number of hydrogen-bond donors (Lipinski definition) is 3. The first-order chi connectivity index (χ1) is 10.5. The largest absolute Gasteiger partial charge is 0.399 e. The molecule has 0 radical (unpaired) electrons. The van der Waals surface area contributed by atoms with Crippen molar-refractivity contribution in [2.24, 2.45) is 0 Å². The van der Waals surface area contributed by atoms with Gasteiger partial charge in [-0.2, -0.15) is 0 Å². The summed E-state index contributed by atoms with van der Waals surface area (Å²) in [4.78, 5) is 11.8. The van der Waals surface area contributed by atoms with Crippen LogP contribution in [0.2, 0.25) is 0 Å².